The van der Waals surface area contributed by atoms with Crippen molar-refractivity contribution in [3.63, 3.8) is 0 Å². The third kappa shape index (κ3) is 3.06. The highest BCUT2D eigenvalue weighted by Crippen LogP contribution is 2.37. The van der Waals surface area contributed by atoms with Crippen LogP contribution in [0.3, 0.4) is 0 Å². The van der Waals surface area contributed by atoms with E-state index in [9.17, 15) is 4.79 Å². The average Bonchev–Trinajstić information content (AvgIpc) is 2.38. The number of hydrogen-bond donors (Lipinski definition) is 0. The number of aromatic nitrogens is 1. The van der Waals surface area contributed by atoms with E-state index < -0.39 is 0 Å². The van der Waals surface area contributed by atoms with Crippen LogP contribution < -0.4 is 4.74 Å². The number of likely N-dealkylation sites (N-methyl/N-ethyl adjacent to an activating group) is 1. The van der Waals surface area contributed by atoms with Crippen LogP contribution in [-0.2, 0) is 4.79 Å². The molecule has 0 aliphatic carbocycles. The fourth-order valence-corrected chi connectivity index (χ4v) is 2.93. The van der Waals surface area contributed by atoms with Crippen LogP contribution in [-0.4, -0.2) is 36.5 Å². The lowest BCUT2D eigenvalue weighted by molar-refractivity contribution is -0.130. The predicted octanol–water partition coefficient (Wildman–Crippen LogP) is 3.23. The minimum absolute atomic E-state index is 0.0150. The molecule has 1 aromatic carbocycles. The molecule has 0 aliphatic heterocycles. The maximum Gasteiger partial charge on any atom is 0.259 e. The van der Waals surface area contributed by atoms with E-state index in [1.165, 1.54) is 4.90 Å². The zero-order valence-electron chi connectivity index (χ0n) is 10.5. The SMILES string of the molecule is CN(C)C(=O)COc1c(Br)cc(Br)c2cccnc12. The fraction of sp³-hybridized carbons (Fsp3) is 0.231. The van der Waals surface area contributed by atoms with E-state index in [4.69, 9.17) is 4.74 Å². The van der Waals surface area contributed by atoms with Gasteiger partial charge in [0.1, 0.15) is 5.52 Å². The van der Waals surface area contributed by atoms with Crippen molar-refractivity contribution in [1.82, 2.24) is 9.88 Å². The van der Waals surface area contributed by atoms with Crippen molar-refractivity contribution in [1.29, 1.82) is 0 Å². The molecule has 0 radical (unpaired) electrons. The number of pyridine rings is 1. The first-order valence-electron chi connectivity index (χ1n) is 5.56. The maximum absolute atomic E-state index is 11.6. The smallest absolute Gasteiger partial charge is 0.259 e. The number of halogens is 2. The summed E-state index contributed by atoms with van der Waals surface area (Å²) in [5.41, 5.74) is 0.718. The van der Waals surface area contributed by atoms with Crippen LogP contribution in [0.25, 0.3) is 10.9 Å². The molecule has 0 N–H and O–H groups in total. The Kier molecular flexibility index (Phi) is 4.42. The number of ether oxygens (including phenoxy) is 1. The van der Waals surface area contributed by atoms with Crippen molar-refractivity contribution in [2.45, 2.75) is 0 Å². The van der Waals surface area contributed by atoms with Crippen LogP contribution in [0.5, 0.6) is 5.75 Å². The number of rotatable bonds is 3. The Balaban J connectivity index is 2.40. The minimum atomic E-state index is -0.0982. The van der Waals surface area contributed by atoms with E-state index in [0.29, 0.717) is 5.75 Å². The molecular formula is C13H12Br2N2O2. The molecule has 0 spiro atoms. The Morgan fingerprint density at radius 1 is 1.37 bits per heavy atom. The first-order valence-corrected chi connectivity index (χ1v) is 7.15. The molecule has 0 fully saturated rings. The molecule has 1 aromatic heterocycles. The summed E-state index contributed by atoms with van der Waals surface area (Å²) in [6.45, 7) is -0.0150. The summed E-state index contributed by atoms with van der Waals surface area (Å²) in [4.78, 5) is 17.4. The van der Waals surface area contributed by atoms with E-state index >= 15 is 0 Å². The predicted molar refractivity (Wildman–Crippen MR) is 81.3 cm³/mol. The molecule has 2 rings (SSSR count). The lowest BCUT2D eigenvalue weighted by Crippen LogP contribution is -2.27. The molecule has 4 nitrogen and oxygen atoms in total. The summed E-state index contributed by atoms with van der Waals surface area (Å²) < 4.78 is 7.29. The molecule has 0 atom stereocenters. The first-order chi connectivity index (χ1) is 9.00. The molecule has 0 unspecified atom stereocenters. The Hall–Kier alpha value is -1.14. The summed E-state index contributed by atoms with van der Waals surface area (Å²) >= 11 is 6.92. The number of fused-ring (bicyclic) bond motifs is 1. The van der Waals surface area contributed by atoms with Crippen LogP contribution in [0.15, 0.2) is 33.3 Å². The van der Waals surface area contributed by atoms with Gasteiger partial charge in [-0.3, -0.25) is 9.78 Å². The third-order valence-electron chi connectivity index (χ3n) is 2.59. The Bertz CT molecular complexity index is 629. The summed E-state index contributed by atoms with van der Waals surface area (Å²) in [6, 6.07) is 5.69. The van der Waals surface area contributed by atoms with Crippen molar-refractivity contribution < 1.29 is 9.53 Å². The van der Waals surface area contributed by atoms with Gasteiger partial charge in [0.15, 0.2) is 12.4 Å². The van der Waals surface area contributed by atoms with Gasteiger partial charge in [-0.05, 0) is 28.1 Å². The summed E-state index contributed by atoms with van der Waals surface area (Å²) in [5.74, 6) is 0.480. The number of amides is 1. The molecule has 0 bridgehead atoms. The van der Waals surface area contributed by atoms with Gasteiger partial charge in [0, 0.05) is 30.2 Å². The number of hydrogen-bond acceptors (Lipinski definition) is 3. The second-order valence-corrected chi connectivity index (χ2v) is 5.85. The highest BCUT2D eigenvalue weighted by Gasteiger charge is 2.13. The van der Waals surface area contributed by atoms with Gasteiger partial charge in [0.2, 0.25) is 0 Å². The normalized spacial score (nSPS) is 10.5. The number of carbonyl (C=O) groups excluding carboxylic acids is 1. The van der Waals surface area contributed by atoms with E-state index in [1.807, 2.05) is 18.2 Å². The van der Waals surface area contributed by atoms with Crippen LogP contribution in [0.4, 0.5) is 0 Å². The van der Waals surface area contributed by atoms with Crippen molar-refractivity contribution in [2.24, 2.45) is 0 Å². The van der Waals surface area contributed by atoms with Crippen LogP contribution >= 0.6 is 31.9 Å². The molecule has 0 saturated carbocycles. The second kappa shape index (κ2) is 5.88. The zero-order chi connectivity index (χ0) is 14.0. The van der Waals surface area contributed by atoms with Gasteiger partial charge in [0.25, 0.3) is 5.91 Å². The molecule has 0 saturated heterocycles. The highest BCUT2D eigenvalue weighted by atomic mass is 79.9. The van der Waals surface area contributed by atoms with Crippen LogP contribution in [0.1, 0.15) is 0 Å². The molecule has 2 aromatic rings. The fourth-order valence-electron chi connectivity index (χ4n) is 1.55. The number of carbonyl (C=O) groups is 1. The van der Waals surface area contributed by atoms with Gasteiger partial charge in [-0.2, -0.15) is 0 Å². The average molecular weight is 388 g/mol. The van der Waals surface area contributed by atoms with E-state index in [0.717, 1.165) is 19.8 Å². The van der Waals surface area contributed by atoms with E-state index in [1.54, 1.807) is 20.3 Å². The Labute approximate surface area is 128 Å². The quantitative estimate of drug-likeness (QED) is 0.811. The summed E-state index contributed by atoms with van der Waals surface area (Å²) in [6.07, 6.45) is 1.70. The lowest BCUT2D eigenvalue weighted by Gasteiger charge is -2.14. The van der Waals surface area contributed by atoms with Crippen molar-refractivity contribution in [3.05, 3.63) is 33.3 Å². The van der Waals surface area contributed by atoms with Gasteiger partial charge in [-0.25, -0.2) is 0 Å². The summed E-state index contributed by atoms with van der Waals surface area (Å²) in [5, 5.41) is 0.943. The first kappa shape index (κ1) is 14.3. The standard InChI is InChI=1S/C13H12Br2N2O2/c1-17(2)11(18)7-19-13-10(15)6-9(14)8-4-3-5-16-12(8)13/h3-6H,7H2,1-2H3. The van der Waals surface area contributed by atoms with Gasteiger partial charge < -0.3 is 9.64 Å². The zero-order valence-corrected chi connectivity index (χ0v) is 13.7. The molecule has 1 amide bonds. The number of nitrogens with zero attached hydrogens (tertiary/aromatic N) is 2. The third-order valence-corrected chi connectivity index (χ3v) is 3.83. The van der Waals surface area contributed by atoms with Crippen LogP contribution in [0.2, 0.25) is 0 Å². The lowest BCUT2D eigenvalue weighted by atomic mass is 10.2. The topological polar surface area (TPSA) is 42.4 Å². The summed E-state index contributed by atoms with van der Waals surface area (Å²) in [7, 11) is 3.39. The monoisotopic (exact) mass is 386 g/mol. The molecular weight excluding hydrogens is 376 g/mol. The molecule has 100 valence electrons. The van der Waals surface area contributed by atoms with Crippen molar-refractivity contribution in [2.75, 3.05) is 20.7 Å². The van der Waals surface area contributed by atoms with E-state index in [-0.39, 0.29) is 12.5 Å². The van der Waals surface area contributed by atoms with Gasteiger partial charge in [-0.15, -0.1) is 0 Å². The number of benzene rings is 1. The van der Waals surface area contributed by atoms with Gasteiger partial charge >= 0.3 is 0 Å². The molecule has 19 heavy (non-hydrogen) atoms. The van der Waals surface area contributed by atoms with Crippen molar-refractivity contribution >= 4 is 48.7 Å². The van der Waals surface area contributed by atoms with E-state index in [2.05, 4.69) is 36.8 Å². The molecule has 0 aliphatic rings. The largest absolute Gasteiger partial charge is 0.480 e. The van der Waals surface area contributed by atoms with Crippen LogP contribution in [0, 0.1) is 0 Å². The molecule has 6 heteroatoms. The highest BCUT2D eigenvalue weighted by molar-refractivity contribution is 9.11. The minimum Gasteiger partial charge on any atom is -0.480 e. The van der Waals surface area contributed by atoms with Gasteiger partial charge in [0.05, 0.1) is 4.47 Å². The molecule has 1 heterocycles. The maximum atomic E-state index is 11.6. The second-order valence-electron chi connectivity index (χ2n) is 4.15. The van der Waals surface area contributed by atoms with Crippen molar-refractivity contribution in [3.8, 4) is 5.75 Å². The van der Waals surface area contributed by atoms with Gasteiger partial charge in [-0.1, -0.05) is 22.0 Å². The Morgan fingerprint density at radius 3 is 2.79 bits per heavy atom. The Morgan fingerprint density at radius 2 is 2.11 bits per heavy atom.